The second kappa shape index (κ2) is 7.94. The van der Waals surface area contributed by atoms with Gasteiger partial charge in [-0.2, -0.15) is 15.6 Å². The van der Waals surface area contributed by atoms with Crippen molar-refractivity contribution >= 4 is 22.5 Å². The van der Waals surface area contributed by atoms with Crippen LogP contribution in [-0.4, -0.2) is 30.6 Å². The highest BCUT2D eigenvalue weighted by Gasteiger charge is 2.46. The Labute approximate surface area is 194 Å². The average molecular weight is 449 g/mol. The van der Waals surface area contributed by atoms with Crippen LogP contribution in [0.15, 0.2) is 48.8 Å². The first-order chi connectivity index (χ1) is 16.4. The lowest BCUT2D eigenvalue weighted by molar-refractivity contribution is 0.0884. The zero-order valence-electron chi connectivity index (χ0n) is 18.0. The Kier molecular flexibility index (Phi) is 4.91. The number of hydrogen-bond acceptors (Lipinski definition) is 8. The molecule has 1 aliphatic rings. The Morgan fingerprint density at radius 2 is 1.97 bits per heavy atom. The van der Waals surface area contributed by atoms with Crippen LogP contribution in [0.1, 0.15) is 29.8 Å². The molecule has 1 amide bonds. The monoisotopic (exact) mass is 449 g/mol. The third-order valence-electron chi connectivity index (χ3n) is 6.18. The van der Waals surface area contributed by atoms with E-state index in [1.165, 1.54) is 0 Å². The van der Waals surface area contributed by atoms with Crippen molar-refractivity contribution < 1.29 is 4.79 Å². The maximum atomic E-state index is 11.7. The van der Waals surface area contributed by atoms with Gasteiger partial charge in [-0.1, -0.05) is 0 Å². The van der Waals surface area contributed by atoms with Crippen LogP contribution in [0.4, 0.5) is 5.69 Å². The molecule has 10 nitrogen and oxygen atoms in total. The van der Waals surface area contributed by atoms with Crippen molar-refractivity contribution in [1.29, 1.82) is 10.5 Å². The molecule has 5 rings (SSSR count). The Hall–Kier alpha value is -4.83. The molecule has 0 bridgehead atoms. The number of pyridine rings is 3. The van der Waals surface area contributed by atoms with Gasteiger partial charge in [0.05, 0.1) is 52.6 Å². The summed E-state index contributed by atoms with van der Waals surface area (Å²) in [5.74, 6) is -0.806. The Morgan fingerprint density at radius 1 is 1.15 bits per heavy atom. The molecule has 34 heavy (non-hydrogen) atoms. The van der Waals surface area contributed by atoms with E-state index in [0.717, 1.165) is 5.39 Å². The average Bonchev–Trinajstić information content (AvgIpc) is 3.31. The number of carbonyl (C=O) groups is 1. The number of nitriles is 2. The number of amides is 1. The minimum Gasteiger partial charge on any atom is -0.397 e. The highest BCUT2D eigenvalue weighted by Crippen LogP contribution is 2.46. The van der Waals surface area contributed by atoms with Crippen LogP contribution in [0.2, 0.25) is 0 Å². The molecule has 0 saturated heterocycles. The van der Waals surface area contributed by atoms with E-state index in [1.807, 2.05) is 24.4 Å². The van der Waals surface area contributed by atoms with Gasteiger partial charge in [-0.25, -0.2) is 9.97 Å². The Bertz CT molecular complexity index is 1520. The largest absolute Gasteiger partial charge is 0.397 e. The molecular weight excluding hydrogens is 430 g/mol. The number of rotatable bonds is 5. The maximum Gasteiger partial charge on any atom is 0.269 e. The molecule has 0 atom stereocenters. The van der Waals surface area contributed by atoms with Gasteiger partial charge >= 0.3 is 0 Å². The summed E-state index contributed by atoms with van der Waals surface area (Å²) in [5, 5.41) is 24.1. The molecule has 4 aromatic heterocycles. The van der Waals surface area contributed by atoms with Crippen LogP contribution in [0.25, 0.3) is 33.7 Å². The van der Waals surface area contributed by atoms with E-state index in [1.54, 1.807) is 29.1 Å². The first kappa shape index (κ1) is 21.0. The van der Waals surface area contributed by atoms with Crippen molar-refractivity contribution in [3.63, 3.8) is 0 Å². The van der Waals surface area contributed by atoms with Crippen LogP contribution >= 0.6 is 0 Å². The summed E-state index contributed by atoms with van der Waals surface area (Å²) in [6.45, 7) is 0. The molecule has 4 N–H and O–H groups in total. The van der Waals surface area contributed by atoms with Crippen LogP contribution in [0, 0.1) is 28.6 Å². The van der Waals surface area contributed by atoms with Gasteiger partial charge in [0.1, 0.15) is 11.4 Å². The van der Waals surface area contributed by atoms with E-state index >= 15 is 0 Å². The van der Waals surface area contributed by atoms with E-state index in [4.69, 9.17) is 21.5 Å². The summed E-state index contributed by atoms with van der Waals surface area (Å²) < 4.78 is 1.78. The number of aromatic nitrogens is 5. The summed E-state index contributed by atoms with van der Waals surface area (Å²) in [7, 11) is 0. The minimum absolute atomic E-state index is 0.0262. The molecular formula is C24H19N9O. The number of fused-ring (bicyclic) bond motifs is 1. The number of nitrogens with zero attached hydrogens (tertiary/aromatic N) is 7. The van der Waals surface area contributed by atoms with E-state index in [2.05, 4.69) is 22.1 Å². The van der Waals surface area contributed by atoms with Crippen molar-refractivity contribution in [2.75, 3.05) is 5.73 Å². The van der Waals surface area contributed by atoms with Gasteiger partial charge in [-0.15, -0.1) is 0 Å². The molecule has 1 aliphatic carbocycles. The number of nitrogen functional groups attached to an aromatic ring is 1. The summed E-state index contributed by atoms with van der Waals surface area (Å²) in [5.41, 5.74) is 13.7. The van der Waals surface area contributed by atoms with Crippen LogP contribution in [0.3, 0.4) is 0 Å². The van der Waals surface area contributed by atoms with Gasteiger partial charge < -0.3 is 11.5 Å². The molecule has 0 unspecified atom stereocenters. The first-order valence-corrected chi connectivity index (χ1v) is 10.6. The second-order valence-corrected chi connectivity index (χ2v) is 8.36. The summed E-state index contributed by atoms with van der Waals surface area (Å²) >= 11 is 0. The molecule has 0 aliphatic heterocycles. The molecule has 0 spiro atoms. The topological polar surface area (TPSA) is 173 Å². The van der Waals surface area contributed by atoms with Crippen LogP contribution in [-0.2, 0) is 5.54 Å². The number of primary amides is 1. The highest BCUT2D eigenvalue weighted by molar-refractivity contribution is 5.97. The van der Waals surface area contributed by atoms with Gasteiger partial charge in [0.25, 0.3) is 5.91 Å². The standard InChI is InChI=1S/C24H19N9O/c25-7-6-24(11-14(12-24)13-26)33-9-5-18(32-33)21-15-2-1-8-29-19(15)10-20(31-21)17-4-3-16(27)22(30-17)23(28)34/h1-5,8-10,14H,6,11-12,27H2,(H2,28,34)/t14-,24+. The number of nitrogens with two attached hydrogens (primary N) is 2. The maximum absolute atomic E-state index is 11.7. The molecule has 166 valence electrons. The van der Waals surface area contributed by atoms with Gasteiger partial charge in [-0.3, -0.25) is 14.5 Å². The fourth-order valence-electron chi connectivity index (χ4n) is 4.43. The van der Waals surface area contributed by atoms with E-state index < -0.39 is 11.4 Å². The van der Waals surface area contributed by atoms with Gasteiger partial charge in [0, 0.05) is 17.8 Å². The van der Waals surface area contributed by atoms with Crippen molar-refractivity contribution in [3.8, 4) is 34.9 Å². The van der Waals surface area contributed by atoms with Crippen molar-refractivity contribution in [3.05, 3.63) is 54.5 Å². The number of anilines is 1. The number of carbonyl (C=O) groups excluding carboxylic acids is 1. The van der Waals surface area contributed by atoms with E-state index in [-0.39, 0.29) is 23.7 Å². The lowest BCUT2D eigenvalue weighted by Crippen LogP contribution is -2.46. The quantitative estimate of drug-likeness (QED) is 0.468. The normalized spacial score (nSPS) is 19.2. The van der Waals surface area contributed by atoms with Gasteiger partial charge in [0.2, 0.25) is 0 Å². The third-order valence-corrected chi connectivity index (χ3v) is 6.18. The number of hydrogen-bond donors (Lipinski definition) is 2. The van der Waals surface area contributed by atoms with Crippen molar-refractivity contribution in [2.45, 2.75) is 24.8 Å². The molecule has 4 heterocycles. The SMILES string of the molecule is N#CC[C@]1(n2ccc(-c3nc(-c4ccc(N)c(C(N)=O)n4)cc4ncccc34)n2)C[C@@H](C#N)C1. The predicted molar refractivity (Wildman–Crippen MR) is 123 cm³/mol. The fraction of sp³-hybridized carbons (Fsp3) is 0.208. The van der Waals surface area contributed by atoms with Crippen LogP contribution < -0.4 is 11.5 Å². The summed E-state index contributed by atoms with van der Waals surface area (Å²) in [6, 6.07) is 15.1. The third kappa shape index (κ3) is 3.38. The lowest BCUT2D eigenvalue weighted by atomic mass is 9.67. The van der Waals surface area contributed by atoms with Crippen molar-refractivity contribution in [1.82, 2.24) is 24.7 Å². The molecule has 1 fully saturated rings. The fourth-order valence-corrected chi connectivity index (χ4v) is 4.43. The Morgan fingerprint density at radius 3 is 2.71 bits per heavy atom. The molecule has 10 heteroatoms. The Balaban J connectivity index is 1.63. The lowest BCUT2D eigenvalue weighted by Gasteiger charge is -2.43. The van der Waals surface area contributed by atoms with Crippen molar-refractivity contribution in [2.24, 2.45) is 11.7 Å². The van der Waals surface area contributed by atoms with Crippen LogP contribution in [0.5, 0.6) is 0 Å². The molecule has 0 aromatic carbocycles. The summed E-state index contributed by atoms with van der Waals surface area (Å²) in [4.78, 5) is 25.3. The van der Waals surface area contributed by atoms with Gasteiger partial charge in [0.15, 0.2) is 5.69 Å². The predicted octanol–water partition coefficient (Wildman–Crippen LogP) is 2.78. The van der Waals surface area contributed by atoms with E-state index in [0.29, 0.717) is 41.1 Å². The smallest absolute Gasteiger partial charge is 0.269 e. The van der Waals surface area contributed by atoms with E-state index in [9.17, 15) is 15.3 Å². The minimum atomic E-state index is -0.726. The van der Waals surface area contributed by atoms with Gasteiger partial charge in [-0.05, 0) is 49.2 Å². The first-order valence-electron chi connectivity index (χ1n) is 10.6. The molecule has 4 aromatic rings. The molecule has 0 radical (unpaired) electrons. The zero-order valence-corrected chi connectivity index (χ0v) is 18.0. The molecule has 1 saturated carbocycles. The zero-order chi connectivity index (χ0) is 23.9. The highest BCUT2D eigenvalue weighted by atomic mass is 16.1. The second-order valence-electron chi connectivity index (χ2n) is 8.36. The summed E-state index contributed by atoms with van der Waals surface area (Å²) in [6.07, 6.45) is 4.94.